The number of halogens is 4. The molecular weight excluding hydrogens is 568 g/mol. The number of hydrogen-bond acceptors (Lipinski definition) is 6. The molecule has 216 valence electrons. The van der Waals surface area contributed by atoms with Crippen molar-refractivity contribution in [2.24, 2.45) is 4.99 Å². The van der Waals surface area contributed by atoms with Crippen molar-refractivity contribution in [1.29, 1.82) is 0 Å². The van der Waals surface area contributed by atoms with Crippen LogP contribution in [-0.2, 0) is 15.7 Å². The van der Waals surface area contributed by atoms with Crippen LogP contribution < -0.4 is 9.64 Å². The predicted molar refractivity (Wildman–Crippen MR) is 156 cm³/mol. The Bertz CT molecular complexity index is 1650. The number of amidine groups is 1. The van der Waals surface area contributed by atoms with Crippen LogP contribution >= 0.6 is 11.8 Å². The van der Waals surface area contributed by atoms with Crippen molar-refractivity contribution in [2.45, 2.75) is 23.5 Å². The summed E-state index contributed by atoms with van der Waals surface area (Å²) < 4.78 is 67.3. The lowest BCUT2D eigenvalue weighted by Gasteiger charge is -2.39. The second-order valence-electron chi connectivity index (χ2n) is 9.47. The zero-order valence-electron chi connectivity index (χ0n) is 22.9. The molecule has 1 aliphatic heterocycles. The topological polar surface area (TPSA) is 51.1 Å². The zero-order valence-corrected chi connectivity index (χ0v) is 23.7. The SMILES string of the molecule is COC(=O)CC1c2cccc(F)c2N=C(c2ccc(-c3cccc(SC)c3)cc2)N1c1cc(C(F)(F)F)ccc1OC. The first-order valence-corrected chi connectivity index (χ1v) is 14.1. The molecule has 0 aromatic heterocycles. The fourth-order valence-electron chi connectivity index (χ4n) is 4.96. The van der Waals surface area contributed by atoms with Crippen molar-refractivity contribution in [3.63, 3.8) is 0 Å². The van der Waals surface area contributed by atoms with E-state index in [0.29, 0.717) is 11.1 Å². The number of methoxy groups -OCH3 is 2. The fraction of sp³-hybridized carbons (Fsp3) is 0.188. The van der Waals surface area contributed by atoms with Gasteiger partial charge in [0.2, 0.25) is 0 Å². The molecule has 0 fully saturated rings. The largest absolute Gasteiger partial charge is 0.495 e. The van der Waals surface area contributed by atoms with Gasteiger partial charge >= 0.3 is 12.1 Å². The number of benzene rings is 4. The van der Waals surface area contributed by atoms with Crippen molar-refractivity contribution in [2.75, 3.05) is 25.4 Å². The Labute approximate surface area is 244 Å². The molecule has 0 bridgehead atoms. The van der Waals surface area contributed by atoms with E-state index in [4.69, 9.17) is 9.47 Å². The molecule has 4 aromatic carbocycles. The van der Waals surface area contributed by atoms with Crippen molar-refractivity contribution in [1.82, 2.24) is 0 Å². The van der Waals surface area contributed by atoms with E-state index < -0.39 is 29.6 Å². The molecule has 0 radical (unpaired) electrons. The molecule has 1 heterocycles. The first-order valence-electron chi connectivity index (χ1n) is 12.9. The van der Waals surface area contributed by atoms with Crippen LogP contribution in [0.15, 0.2) is 94.8 Å². The molecule has 5 nitrogen and oxygen atoms in total. The number of fused-ring (bicyclic) bond motifs is 1. The molecule has 0 spiro atoms. The van der Waals surface area contributed by atoms with Crippen LogP contribution in [0, 0.1) is 5.82 Å². The number of nitrogens with zero attached hydrogens (tertiary/aromatic N) is 2. The van der Waals surface area contributed by atoms with Crippen LogP contribution in [0.1, 0.15) is 29.2 Å². The van der Waals surface area contributed by atoms with Crippen LogP contribution in [0.2, 0.25) is 0 Å². The molecule has 1 atom stereocenters. The van der Waals surface area contributed by atoms with Crippen LogP contribution in [0.5, 0.6) is 5.75 Å². The molecule has 0 amide bonds. The van der Waals surface area contributed by atoms with E-state index in [-0.39, 0.29) is 29.4 Å². The molecule has 0 saturated carbocycles. The van der Waals surface area contributed by atoms with Gasteiger partial charge in [0.25, 0.3) is 0 Å². The number of carbonyl (C=O) groups is 1. The number of carbonyl (C=O) groups excluding carboxylic acids is 1. The number of hydrogen-bond donors (Lipinski definition) is 0. The van der Waals surface area contributed by atoms with Gasteiger partial charge in [-0.3, -0.25) is 4.79 Å². The van der Waals surface area contributed by atoms with Gasteiger partial charge in [0.15, 0.2) is 0 Å². The number of para-hydroxylation sites is 1. The number of esters is 1. The summed E-state index contributed by atoms with van der Waals surface area (Å²) in [5.41, 5.74) is 1.83. The van der Waals surface area contributed by atoms with Gasteiger partial charge in [-0.15, -0.1) is 11.8 Å². The summed E-state index contributed by atoms with van der Waals surface area (Å²) in [5, 5.41) is 0. The normalized spacial score (nSPS) is 14.7. The third kappa shape index (κ3) is 5.72. The van der Waals surface area contributed by atoms with Crippen LogP contribution in [0.4, 0.5) is 28.9 Å². The molecule has 1 unspecified atom stereocenters. The highest BCUT2D eigenvalue weighted by atomic mass is 32.2. The lowest BCUT2D eigenvalue weighted by molar-refractivity contribution is -0.141. The maximum atomic E-state index is 15.2. The molecule has 1 aliphatic rings. The zero-order chi connectivity index (χ0) is 30.0. The summed E-state index contributed by atoms with van der Waals surface area (Å²) >= 11 is 1.62. The van der Waals surface area contributed by atoms with Crippen molar-refractivity contribution < 1.29 is 31.8 Å². The van der Waals surface area contributed by atoms with Crippen LogP contribution in [0.3, 0.4) is 0 Å². The highest BCUT2D eigenvalue weighted by Crippen LogP contribution is 2.46. The van der Waals surface area contributed by atoms with Gasteiger partial charge in [-0.1, -0.05) is 48.5 Å². The first kappa shape index (κ1) is 29.2. The Morgan fingerprint density at radius 2 is 1.64 bits per heavy atom. The van der Waals surface area contributed by atoms with Crippen molar-refractivity contribution in [3.8, 4) is 16.9 Å². The summed E-state index contributed by atoms with van der Waals surface area (Å²) in [4.78, 5) is 19.9. The number of aliphatic imine (C=N–C) groups is 1. The second kappa shape index (κ2) is 11.9. The van der Waals surface area contributed by atoms with Gasteiger partial charge in [0.1, 0.15) is 23.1 Å². The van der Waals surface area contributed by atoms with Gasteiger partial charge in [0, 0.05) is 16.0 Å². The number of thioether (sulfide) groups is 1. The molecule has 10 heteroatoms. The lowest BCUT2D eigenvalue weighted by atomic mass is 9.94. The van der Waals surface area contributed by atoms with E-state index in [1.165, 1.54) is 37.3 Å². The molecule has 0 aliphatic carbocycles. The summed E-state index contributed by atoms with van der Waals surface area (Å²) in [6.45, 7) is 0. The highest BCUT2D eigenvalue weighted by Gasteiger charge is 2.38. The Balaban J connectivity index is 1.73. The summed E-state index contributed by atoms with van der Waals surface area (Å²) in [6.07, 6.45) is -2.95. The number of anilines is 1. The third-order valence-corrected chi connectivity index (χ3v) is 7.76. The summed E-state index contributed by atoms with van der Waals surface area (Å²) in [7, 11) is 2.56. The minimum absolute atomic E-state index is 0.000319. The third-order valence-electron chi connectivity index (χ3n) is 7.03. The summed E-state index contributed by atoms with van der Waals surface area (Å²) in [6, 6.07) is 21.7. The minimum Gasteiger partial charge on any atom is -0.495 e. The lowest BCUT2D eigenvalue weighted by Crippen LogP contribution is -2.39. The Morgan fingerprint density at radius 1 is 0.929 bits per heavy atom. The Hall–Kier alpha value is -4.31. The highest BCUT2D eigenvalue weighted by molar-refractivity contribution is 7.98. The Morgan fingerprint density at radius 3 is 2.31 bits per heavy atom. The molecule has 0 saturated heterocycles. The predicted octanol–water partition coefficient (Wildman–Crippen LogP) is 8.44. The van der Waals surface area contributed by atoms with Gasteiger partial charge in [-0.25, -0.2) is 9.38 Å². The number of rotatable bonds is 7. The maximum Gasteiger partial charge on any atom is 0.416 e. The van der Waals surface area contributed by atoms with E-state index in [0.717, 1.165) is 28.2 Å². The average molecular weight is 595 g/mol. The maximum absolute atomic E-state index is 15.2. The quantitative estimate of drug-likeness (QED) is 0.122. The summed E-state index contributed by atoms with van der Waals surface area (Å²) in [5.74, 6) is -0.975. The van der Waals surface area contributed by atoms with Gasteiger partial charge in [-0.2, -0.15) is 13.2 Å². The van der Waals surface area contributed by atoms with E-state index >= 15 is 4.39 Å². The Kier molecular flexibility index (Phi) is 8.27. The van der Waals surface area contributed by atoms with E-state index in [2.05, 4.69) is 11.1 Å². The smallest absolute Gasteiger partial charge is 0.416 e. The van der Waals surface area contributed by atoms with Gasteiger partial charge in [0.05, 0.1) is 37.9 Å². The van der Waals surface area contributed by atoms with E-state index in [1.54, 1.807) is 30.0 Å². The van der Waals surface area contributed by atoms with Crippen LogP contribution in [0.25, 0.3) is 11.1 Å². The molecular formula is C32H26F4N2O3S. The fourth-order valence-corrected chi connectivity index (χ4v) is 5.42. The molecule has 4 aromatic rings. The molecule has 42 heavy (non-hydrogen) atoms. The number of ether oxygens (including phenoxy) is 2. The standard InChI is InChI=1S/C32H26F4N2O3S/c1-40-28-15-14-22(32(34,35)36)17-27(28)38-26(18-29(39)41-2)24-8-5-9-25(33)30(24)37-31(38)20-12-10-19(11-13-20)21-6-4-7-23(16-21)42-3/h4-17,26H,18H2,1-3H3. The molecule has 0 N–H and O–H groups in total. The van der Waals surface area contributed by atoms with E-state index in [1.807, 2.05) is 36.6 Å². The number of alkyl halides is 3. The van der Waals surface area contributed by atoms with Crippen molar-refractivity contribution in [3.05, 3.63) is 107 Å². The van der Waals surface area contributed by atoms with Crippen LogP contribution in [-0.4, -0.2) is 32.3 Å². The minimum atomic E-state index is -4.65. The first-order chi connectivity index (χ1) is 20.1. The van der Waals surface area contributed by atoms with Gasteiger partial charge in [-0.05, 0) is 53.8 Å². The van der Waals surface area contributed by atoms with E-state index in [9.17, 15) is 18.0 Å². The monoisotopic (exact) mass is 594 g/mol. The van der Waals surface area contributed by atoms with Crippen molar-refractivity contribution >= 4 is 34.9 Å². The average Bonchev–Trinajstić information content (AvgIpc) is 3.00. The molecule has 5 rings (SSSR count). The second-order valence-corrected chi connectivity index (χ2v) is 10.4. The van der Waals surface area contributed by atoms with Gasteiger partial charge < -0.3 is 14.4 Å².